The monoisotopic (exact) mass is 455 g/mol. The van der Waals surface area contributed by atoms with Gasteiger partial charge in [-0.25, -0.2) is 0 Å². The van der Waals surface area contributed by atoms with Crippen LogP contribution in [0.15, 0.2) is 71.5 Å². The highest BCUT2D eigenvalue weighted by Crippen LogP contribution is 2.34. The molecule has 1 amide bonds. The first-order chi connectivity index (χ1) is 16.4. The lowest BCUT2D eigenvalue weighted by Gasteiger charge is -2.18. The minimum atomic E-state index is -0.216. The summed E-state index contributed by atoms with van der Waals surface area (Å²) in [5, 5.41) is 4.19. The van der Waals surface area contributed by atoms with Gasteiger partial charge in [0.2, 0.25) is 0 Å². The summed E-state index contributed by atoms with van der Waals surface area (Å²) in [6.45, 7) is 4.88. The third kappa shape index (κ3) is 4.58. The first-order valence-corrected chi connectivity index (χ1v) is 11.3. The molecule has 4 aromatic rings. The molecule has 0 atom stereocenters. The summed E-state index contributed by atoms with van der Waals surface area (Å²) in [5.41, 5.74) is 11.3. The Bertz CT molecular complexity index is 1420. The molecule has 0 fully saturated rings. The van der Waals surface area contributed by atoms with Gasteiger partial charge in [-0.05, 0) is 55.0 Å². The number of aromatic nitrogens is 1. The SMILES string of the molecule is COCCCn1c(N)c(-c2cccc(C)c2)c2ccc(NC(=O)c3ccccc3C)cc2c1=O. The fourth-order valence-electron chi connectivity index (χ4n) is 4.26. The third-order valence-corrected chi connectivity index (χ3v) is 6.00. The van der Waals surface area contributed by atoms with Crippen LogP contribution in [0.2, 0.25) is 0 Å². The van der Waals surface area contributed by atoms with Gasteiger partial charge in [0, 0.05) is 42.5 Å². The van der Waals surface area contributed by atoms with E-state index in [-0.39, 0.29) is 11.5 Å². The highest BCUT2D eigenvalue weighted by atomic mass is 16.5. The van der Waals surface area contributed by atoms with Gasteiger partial charge >= 0.3 is 0 Å². The lowest BCUT2D eigenvalue weighted by molar-refractivity contribution is 0.102. The predicted molar refractivity (Wildman–Crippen MR) is 138 cm³/mol. The Labute approximate surface area is 199 Å². The number of anilines is 2. The fourth-order valence-corrected chi connectivity index (χ4v) is 4.26. The Kier molecular flexibility index (Phi) is 6.80. The third-order valence-electron chi connectivity index (χ3n) is 6.00. The van der Waals surface area contributed by atoms with E-state index in [9.17, 15) is 9.59 Å². The molecule has 0 aliphatic rings. The number of nitrogens with two attached hydrogens (primary N) is 1. The van der Waals surface area contributed by atoms with Crippen LogP contribution in [0.25, 0.3) is 21.9 Å². The van der Waals surface area contributed by atoms with Crippen LogP contribution in [0.5, 0.6) is 0 Å². The molecule has 174 valence electrons. The van der Waals surface area contributed by atoms with Gasteiger partial charge in [-0.1, -0.05) is 54.1 Å². The zero-order valence-electron chi connectivity index (χ0n) is 19.7. The topological polar surface area (TPSA) is 86.3 Å². The van der Waals surface area contributed by atoms with E-state index in [4.69, 9.17) is 10.5 Å². The van der Waals surface area contributed by atoms with Crippen LogP contribution in [0.4, 0.5) is 11.5 Å². The van der Waals surface area contributed by atoms with E-state index in [1.807, 2.05) is 62.4 Å². The molecular weight excluding hydrogens is 426 g/mol. The van der Waals surface area contributed by atoms with Crippen molar-refractivity contribution in [3.05, 3.63) is 93.8 Å². The summed E-state index contributed by atoms with van der Waals surface area (Å²) in [7, 11) is 1.63. The molecule has 0 aliphatic heterocycles. The normalized spacial score (nSPS) is 11.0. The van der Waals surface area contributed by atoms with Crippen LogP contribution in [0, 0.1) is 13.8 Å². The van der Waals surface area contributed by atoms with Crippen molar-refractivity contribution < 1.29 is 9.53 Å². The zero-order chi connectivity index (χ0) is 24.2. The maximum Gasteiger partial charge on any atom is 0.260 e. The van der Waals surface area contributed by atoms with Crippen LogP contribution in [-0.4, -0.2) is 24.2 Å². The number of nitrogens with one attached hydrogen (secondary N) is 1. The van der Waals surface area contributed by atoms with Crippen LogP contribution in [-0.2, 0) is 11.3 Å². The van der Waals surface area contributed by atoms with Gasteiger partial charge in [-0.3, -0.25) is 14.2 Å². The Morgan fingerprint density at radius 1 is 1.00 bits per heavy atom. The van der Waals surface area contributed by atoms with Gasteiger partial charge in [0.25, 0.3) is 11.5 Å². The number of benzene rings is 3. The molecule has 0 bridgehead atoms. The summed E-state index contributed by atoms with van der Waals surface area (Å²) in [4.78, 5) is 26.3. The summed E-state index contributed by atoms with van der Waals surface area (Å²) >= 11 is 0. The molecule has 4 rings (SSSR count). The molecule has 1 aromatic heterocycles. The van der Waals surface area contributed by atoms with Crippen LogP contribution < -0.4 is 16.6 Å². The van der Waals surface area contributed by atoms with E-state index < -0.39 is 0 Å². The van der Waals surface area contributed by atoms with Crippen molar-refractivity contribution in [3.8, 4) is 11.1 Å². The molecule has 6 nitrogen and oxygen atoms in total. The van der Waals surface area contributed by atoms with Crippen LogP contribution in [0.3, 0.4) is 0 Å². The number of hydrogen-bond donors (Lipinski definition) is 2. The van der Waals surface area contributed by atoms with Crippen molar-refractivity contribution in [1.29, 1.82) is 0 Å². The van der Waals surface area contributed by atoms with Crippen molar-refractivity contribution in [2.45, 2.75) is 26.8 Å². The van der Waals surface area contributed by atoms with E-state index in [0.717, 1.165) is 27.6 Å². The molecule has 0 unspecified atom stereocenters. The zero-order valence-corrected chi connectivity index (χ0v) is 19.7. The fraction of sp³-hybridized carbons (Fsp3) is 0.214. The number of methoxy groups -OCH3 is 1. The molecule has 0 radical (unpaired) electrons. The lowest BCUT2D eigenvalue weighted by atomic mass is 9.97. The molecule has 0 saturated carbocycles. The highest BCUT2D eigenvalue weighted by molar-refractivity contribution is 6.07. The molecule has 0 spiro atoms. The maximum atomic E-state index is 13.5. The minimum Gasteiger partial charge on any atom is -0.385 e. The average Bonchev–Trinajstić information content (AvgIpc) is 2.82. The first kappa shape index (κ1) is 23.3. The number of pyridine rings is 1. The summed E-state index contributed by atoms with van der Waals surface area (Å²) in [6, 6.07) is 20.9. The number of fused-ring (bicyclic) bond motifs is 1. The van der Waals surface area contributed by atoms with Gasteiger partial charge in [0.15, 0.2) is 0 Å². The van der Waals surface area contributed by atoms with Crippen molar-refractivity contribution in [2.75, 3.05) is 24.8 Å². The molecule has 0 aliphatic carbocycles. The highest BCUT2D eigenvalue weighted by Gasteiger charge is 2.18. The molecule has 6 heteroatoms. The molecule has 1 heterocycles. The van der Waals surface area contributed by atoms with E-state index >= 15 is 0 Å². The number of rotatable bonds is 7. The number of nitrogen functional groups attached to an aromatic ring is 1. The second-order valence-corrected chi connectivity index (χ2v) is 8.46. The minimum absolute atomic E-state index is 0.188. The smallest absolute Gasteiger partial charge is 0.260 e. The summed E-state index contributed by atoms with van der Waals surface area (Å²) in [5.74, 6) is 0.211. The van der Waals surface area contributed by atoms with E-state index in [0.29, 0.717) is 42.0 Å². The largest absolute Gasteiger partial charge is 0.385 e. The Morgan fingerprint density at radius 2 is 1.79 bits per heavy atom. The molecule has 3 N–H and O–H groups in total. The number of aryl methyl sites for hydroxylation is 2. The van der Waals surface area contributed by atoms with Crippen LogP contribution in [0.1, 0.15) is 27.9 Å². The van der Waals surface area contributed by atoms with Crippen LogP contribution >= 0.6 is 0 Å². The van der Waals surface area contributed by atoms with Crippen molar-refractivity contribution >= 4 is 28.2 Å². The van der Waals surface area contributed by atoms with E-state index in [1.54, 1.807) is 23.8 Å². The standard InChI is InChI=1S/C28H29N3O3/c1-18-8-6-10-20(16-18)25-23-13-12-21(30-27(32)22-11-5-4-9-19(22)2)17-24(23)28(33)31(26(25)29)14-7-15-34-3/h4-6,8-13,16-17H,7,14-15,29H2,1-3H3,(H,30,32). The molecular formula is C28H29N3O3. The molecule has 34 heavy (non-hydrogen) atoms. The maximum absolute atomic E-state index is 13.5. The molecule has 3 aromatic carbocycles. The van der Waals surface area contributed by atoms with Crippen molar-refractivity contribution in [1.82, 2.24) is 4.57 Å². The van der Waals surface area contributed by atoms with E-state index in [1.165, 1.54) is 0 Å². The van der Waals surface area contributed by atoms with Gasteiger partial charge in [-0.15, -0.1) is 0 Å². The van der Waals surface area contributed by atoms with Gasteiger partial charge in [0.1, 0.15) is 5.82 Å². The molecule has 0 saturated heterocycles. The van der Waals surface area contributed by atoms with Crippen molar-refractivity contribution in [2.24, 2.45) is 0 Å². The lowest BCUT2D eigenvalue weighted by Crippen LogP contribution is -2.25. The number of hydrogen-bond acceptors (Lipinski definition) is 4. The second kappa shape index (κ2) is 9.93. The Balaban J connectivity index is 1.85. The van der Waals surface area contributed by atoms with E-state index in [2.05, 4.69) is 11.4 Å². The number of nitrogens with zero attached hydrogens (tertiary/aromatic N) is 1. The van der Waals surface area contributed by atoms with Gasteiger partial charge in [-0.2, -0.15) is 0 Å². The second-order valence-electron chi connectivity index (χ2n) is 8.46. The summed E-state index contributed by atoms with van der Waals surface area (Å²) < 4.78 is 6.78. The Hall–Kier alpha value is -3.90. The number of ether oxygens (including phenoxy) is 1. The van der Waals surface area contributed by atoms with Gasteiger partial charge < -0.3 is 15.8 Å². The number of carbonyl (C=O) groups excluding carboxylic acids is 1. The quantitative estimate of drug-likeness (QED) is 0.377. The average molecular weight is 456 g/mol. The predicted octanol–water partition coefficient (Wildman–Crippen LogP) is 5.16. The first-order valence-electron chi connectivity index (χ1n) is 11.3. The Morgan fingerprint density at radius 3 is 2.53 bits per heavy atom. The van der Waals surface area contributed by atoms with Crippen molar-refractivity contribution in [3.63, 3.8) is 0 Å². The van der Waals surface area contributed by atoms with Gasteiger partial charge in [0.05, 0.1) is 0 Å². The number of carbonyl (C=O) groups is 1. The summed E-state index contributed by atoms with van der Waals surface area (Å²) in [6.07, 6.45) is 0.656. The number of amides is 1.